The van der Waals surface area contributed by atoms with E-state index in [4.69, 9.17) is 0 Å². The van der Waals surface area contributed by atoms with Gasteiger partial charge in [0.1, 0.15) is 5.69 Å². The molecule has 0 spiro atoms. The van der Waals surface area contributed by atoms with Crippen LogP contribution < -0.4 is 5.32 Å². The number of likely N-dealkylation sites (N-methyl/N-ethyl adjacent to an activating group) is 1. The van der Waals surface area contributed by atoms with Crippen molar-refractivity contribution in [2.45, 2.75) is 18.9 Å². The summed E-state index contributed by atoms with van der Waals surface area (Å²) in [5.41, 5.74) is 0.723. The molecule has 5 nitrogen and oxygen atoms in total. The fourth-order valence-corrected chi connectivity index (χ4v) is 2.65. The van der Waals surface area contributed by atoms with E-state index in [1.807, 2.05) is 0 Å². The average molecular weight is 314 g/mol. The molecule has 98 valence electrons. The van der Waals surface area contributed by atoms with Crippen molar-refractivity contribution in [2.24, 2.45) is 0 Å². The van der Waals surface area contributed by atoms with Crippen LogP contribution in [0, 0.1) is 10.1 Å². The van der Waals surface area contributed by atoms with Gasteiger partial charge in [-0.3, -0.25) is 10.1 Å². The van der Waals surface area contributed by atoms with E-state index >= 15 is 0 Å². The van der Waals surface area contributed by atoms with Crippen molar-refractivity contribution >= 4 is 27.3 Å². The number of hydrogen-bond acceptors (Lipinski definition) is 4. The molecule has 1 aliphatic heterocycles. The van der Waals surface area contributed by atoms with Crippen LogP contribution in [0.25, 0.3) is 0 Å². The second kappa shape index (κ2) is 5.67. The second-order valence-corrected chi connectivity index (χ2v) is 5.58. The van der Waals surface area contributed by atoms with Gasteiger partial charge in [0.05, 0.1) is 4.92 Å². The van der Waals surface area contributed by atoms with Crippen molar-refractivity contribution in [3.63, 3.8) is 0 Å². The third kappa shape index (κ3) is 3.20. The minimum atomic E-state index is -0.346. The first-order valence-electron chi connectivity index (χ1n) is 5.95. The molecule has 1 atom stereocenters. The Hall–Kier alpha value is -1.14. The molecular weight excluding hydrogens is 298 g/mol. The Bertz CT molecular complexity index is 453. The lowest BCUT2D eigenvalue weighted by molar-refractivity contribution is -0.384. The average Bonchev–Trinajstić information content (AvgIpc) is 2.28. The van der Waals surface area contributed by atoms with Gasteiger partial charge in [0.25, 0.3) is 5.69 Å². The summed E-state index contributed by atoms with van der Waals surface area (Å²) in [6.45, 7) is 2.02. The molecule has 0 bridgehead atoms. The Morgan fingerprint density at radius 2 is 2.33 bits per heavy atom. The number of nitrogens with zero attached hydrogens (tertiary/aromatic N) is 2. The van der Waals surface area contributed by atoms with E-state index in [1.165, 1.54) is 6.07 Å². The predicted molar refractivity (Wildman–Crippen MR) is 74.9 cm³/mol. The fourth-order valence-electron chi connectivity index (χ4n) is 2.29. The molecule has 0 aromatic heterocycles. The highest BCUT2D eigenvalue weighted by Crippen LogP contribution is 2.29. The predicted octanol–water partition coefficient (Wildman–Crippen LogP) is 2.86. The zero-order valence-electron chi connectivity index (χ0n) is 10.2. The molecule has 0 aliphatic carbocycles. The largest absolute Gasteiger partial charge is 0.375 e. The quantitative estimate of drug-likeness (QED) is 0.688. The Morgan fingerprint density at radius 1 is 1.56 bits per heavy atom. The number of nitrogens with one attached hydrogen (secondary N) is 1. The smallest absolute Gasteiger partial charge is 0.292 e. The molecule has 0 saturated carbocycles. The molecule has 1 unspecified atom stereocenters. The molecule has 18 heavy (non-hydrogen) atoms. The van der Waals surface area contributed by atoms with Gasteiger partial charge in [-0.15, -0.1) is 0 Å². The lowest BCUT2D eigenvalue weighted by Gasteiger charge is -2.30. The van der Waals surface area contributed by atoms with Crippen LogP contribution in [0.4, 0.5) is 11.4 Å². The number of nitro benzene ring substituents is 1. The second-order valence-electron chi connectivity index (χ2n) is 4.66. The van der Waals surface area contributed by atoms with Crippen LogP contribution in [0.3, 0.4) is 0 Å². The van der Waals surface area contributed by atoms with Crippen molar-refractivity contribution in [3.05, 3.63) is 32.8 Å². The minimum absolute atomic E-state index is 0.131. The fraction of sp³-hybridized carbons (Fsp3) is 0.500. The summed E-state index contributed by atoms with van der Waals surface area (Å²) in [5, 5.41) is 14.3. The molecule has 1 aromatic carbocycles. The van der Waals surface area contributed by atoms with E-state index in [0.29, 0.717) is 5.69 Å². The number of rotatable bonds is 3. The van der Waals surface area contributed by atoms with Crippen LogP contribution >= 0.6 is 15.9 Å². The third-order valence-corrected chi connectivity index (χ3v) is 3.63. The van der Waals surface area contributed by atoms with Crippen molar-refractivity contribution in [2.75, 3.05) is 25.5 Å². The van der Waals surface area contributed by atoms with Crippen LogP contribution in [0.2, 0.25) is 0 Å². The highest BCUT2D eigenvalue weighted by molar-refractivity contribution is 9.10. The molecule has 1 aromatic rings. The first-order valence-corrected chi connectivity index (χ1v) is 6.74. The number of halogens is 1. The summed E-state index contributed by atoms with van der Waals surface area (Å²) in [6.07, 6.45) is 2.17. The van der Waals surface area contributed by atoms with E-state index in [-0.39, 0.29) is 16.7 Å². The first-order chi connectivity index (χ1) is 8.56. The highest BCUT2D eigenvalue weighted by Gasteiger charge is 2.21. The third-order valence-electron chi connectivity index (χ3n) is 3.14. The zero-order valence-corrected chi connectivity index (χ0v) is 11.8. The van der Waals surface area contributed by atoms with E-state index in [2.05, 4.69) is 33.2 Å². The van der Waals surface area contributed by atoms with Crippen LogP contribution in [-0.2, 0) is 0 Å². The summed E-state index contributed by atoms with van der Waals surface area (Å²) >= 11 is 3.35. The van der Waals surface area contributed by atoms with Crippen molar-refractivity contribution < 1.29 is 4.92 Å². The monoisotopic (exact) mass is 313 g/mol. The van der Waals surface area contributed by atoms with E-state index in [0.717, 1.165) is 30.4 Å². The maximum atomic E-state index is 11.0. The van der Waals surface area contributed by atoms with Crippen LogP contribution in [0.1, 0.15) is 12.8 Å². The van der Waals surface area contributed by atoms with E-state index in [1.54, 1.807) is 12.1 Å². The number of nitro groups is 1. The van der Waals surface area contributed by atoms with Gasteiger partial charge in [0.15, 0.2) is 0 Å². The Kier molecular flexibility index (Phi) is 4.19. The molecule has 6 heteroatoms. The number of benzene rings is 1. The van der Waals surface area contributed by atoms with Crippen molar-refractivity contribution in [1.82, 2.24) is 4.90 Å². The number of piperidine rings is 1. The van der Waals surface area contributed by atoms with E-state index in [9.17, 15) is 10.1 Å². The van der Waals surface area contributed by atoms with Crippen molar-refractivity contribution in [3.8, 4) is 0 Å². The maximum absolute atomic E-state index is 11.0. The SMILES string of the molecule is CN1CCCC(Nc2cc(Br)ccc2[N+](=O)[O-])C1. The van der Waals surface area contributed by atoms with Crippen LogP contribution in [0.15, 0.2) is 22.7 Å². The molecule has 1 fully saturated rings. The van der Waals surface area contributed by atoms with Crippen LogP contribution in [0.5, 0.6) is 0 Å². The summed E-state index contributed by atoms with van der Waals surface area (Å²) < 4.78 is 0.847. The van der Waals surface area contributed by atoms with Gasteiger partial charge in [-0.05, 0) is 38.6 Å². The van der Waals surface area contributed by atoms with Gasteiger partial charge >= 0.3 is 0 Å². The molecule has 1 N–H and O–H groups in total. The molecule has 1 heterocycles. The summed E-state index contributed by atoms with van der Waals surface area (Å²) in [5.74, 6) is 0. The molecule has 1 aliphatic rings. The van der Waals surface area contributed by atoms with Gasteiger partial charge in [-0.2, -0.15) is 0 Å². The Balaban J connectivity index is 2.16. The number of anilines is 1. The molecule has 1 saturated heterocycles. The Morgan fingerprint density at radius 3 is 3.00 bits per heavy atom. The standard InChI is InChI=1S/C12H16BrN3O2/c1-15-6-2-3-10(8-15)14-11-7-9(13)4-5-12(11)16(17)18/h4-5,7,10,14H,2-3,6,8H2,1H3. The topological polar surface area (TPSA) is 58.4 Å². The zero-order chi connectivity index (χ0) is 13.1. The molecule has 0 radical (unpaired) electrons. The van der Waals surface area contributed by atoms with Crippen LogP contribution in [-0.4, -0.2) is 36.0 Å². The molecule has 2 rings (SSSR count). The lowest BCUT2D eigenvalue weighted by atomic mass is 10.1. The molecule has 0 amide bonds. The van der Waals surface area contributed by atoms with Crippen molar-refractivity contribution in [1.29, 1.82) is 0 Å². The van der Waals surface area contributed by atoms with Gasteiger partial charge in [0.2, 0.25) is 0 Å². The van der Waals surface area contributed by atoms with Gasteiger partial charge in [-0.25, -0.2) is 0 Å². The summed E-state index contributed by atoms with van der Waals surface area (Å²) in [6, 6.07) is 5.26. The van der Waals surface area contributed by atoms with E-state index < -0.39 is 0 Å². The maximum Gasteiger partial charge on any atom is 0.292 e. The molecular formula is C12H16BrN3O2. The Labute approximate surface area is 114 Å². The van der Waals surface area contributed by atoms with Gasteiger partial charge < -0.3 is 10.2 Å². The summed E-state index contributed by atoms with van der Waals surface area (Å²) in [7, 11) is 2.07. The minimum Gasteiger partial charge on any atom is -0.375 e. The first kappa shape index (κ1) is 13.3. The normalized spacial score (nSPS) is 20.7. The number of likely N-dealkylation sites (tertiary alicyclic amines) is 1. The van der Waals surface area contributed by atoms with Gasteiger partial charge in [0, 0.05) is 23.1 Å². The number of hydrogen-bond donors (Lipinski definition) is 1. The summed E-state index contributed by atoms with van der Waals surface area (Å²) in [4.78, 5) is 12.9. The highest BCUT2D eigenvalue weighted by atomic mass is 79.9. The van der Waals surface area contributed by atoms with Gasteiger partial charge in [-0.1, -0.05) is 15.9 Å². The lowest BCUT2D eigenvalue weighted by Crippen LogP contribution is -2.39.